The number of nitrogens with one attached hydrogen (secondary N) is 1. The maximum absolute atomic E-state index is 12.4. The van der Waals surface area contributed by atoms with E-state index < -0.39 is 23.7 Å². The maximum Gasteiger partial charge on any atom is 0.335 e. The fourth-order valence-corrected chi connectivity index (χ4v) is 3.06. The van der Waals surface area contributed by atoms with Crippen LogP contribution in [-0.2, 0) is 15.9 Å². The number of carboxylic acid groups (broad SMARTS) is 1. The molecule has 1 heterocycles. The minimum atomic E-state index is -0.963. The summed E-state index contributed by atoms with van der Waals surface area (Å²) >= 11 is 0. The number of ether oxygens (including phenoxy) is 2. The lowest BCUT2D eigenvalue weighted by Crippen LogP contribution is -2.30. The van der Waals surface area contributed by atoms with E-state index in [2.05, 4.69) is 9.97 Å². The molecule has 0 radical (unpaired) electrons. The number of methoxy groups -OCH3 is 2. The molecule has 0 aliphatic heterocycles. The van der Waals surface area contributed by atoms with Gasteiger partial charge in [-0.1, -0.05) is 12.1 Å². The van der Waals surface area contributed by atoms with Crippen molar-refractivity contribution >= 4 is 17.7 Å². The number of aromatic amines is 1. The van der Waals surface area contributed by atoms with Gasteiger partial charge in [-0.3, -0.25) is 9.78 Å². The number of carboxylic acids is 1. The number of nitrogens with zero attached hydrogens (tertiary/aromatic N) is 1. The van der Waals surface area contributed by atoms with Crippen LogP contribution >= 0.6 is 0 Å². The van der Waals surface area contributed by atoms with Crippen molar-refractivity contribution in [3.8, 4) is 0 Å². The molecule has 0 amide bonds. The zero-order valence-corrected chi connectivity index (χ0v) is 15.3. The van der Waals surface area contributed by atoms with E-state index >= 15 is 0 Å². The predicted molar refractivity (Wildman–Crippen MR) is 101 cm³/mol. The number of aromatic carboxylic acids is 1. The molecule has 9 nitrogen and oxygen atoms in total. The molecule has 6 N–H and O–H groups in total. The van der Waals surface area contributed by atoms with Gasteiger partial charge in [0.25, 0.3) is 5.56 Å². The van der Waals surface area contributed by atoms with Gasteiger partial charge in [0.15, 0.2) is 6.29 Å². The Morgan fingerprint density at radius 2 is 1.85 bits per heavy atom. The average Bonchev–Trinajstić information content (AvgIpc) is 2.62. The van der Waals surface area contributed by atoms with Gasteiger partial charge in [0, 0.05) is 20.1 Å². The van der Waals surface area contributed by atoms with Crippen molar-refractivity contribution < 1.29 is 19.4 Å². The lowest BCUT2D eigenvalue weighted by Gasteiger charge is -2.25. The van der Waals surface area contributed by atoms with Gasteiger partial charge in [0.2, 0.25) is 5.95 Å². The lowest BCUT2D eigenvalue weighted by atomic mass is 9.92. The van der Waals surface area contributed by atoms with E-state index in [1.165, 1.54) is 14.2 Å². The van der Waals surface area contributed by atoms with Crippen molar-refractivity contribution in [2.45, 2.75) is 31.5 Å². The van der Waals surface area contributed by atoms with E-state index in [1.54, 1.807) is 24.3 Å². The average molecular weight is 376 g/mol. The molecule has 1 unspecified atom stereocenters. The summed E-state index contributed by atoms with van der Waals surface area (Å²) in [5, 5.41) is 8.95. The highest BCUT2D eigenvalue weighted by Crippen LogP contribution is 2.29. The normalized spacial score (nSPS) is 12.3. The summed E-state index contributed by atoms with van der Waals surface area (Å²) in [5.41, 5.74) is 12.5. The minimum absolute atomic E-state index is 0.0474. The highest BCUT2D eigenvalue weighted by atomic mass is 16.7. The first-order chi connectivity index (χ1) is 12.9. The van der Waals surface area contributed by atoms with Crippen molar-refractivity contribution in [1.29, 1.82) is 0 Å². The number of aromatic nitrogens is 2. The second-order valence-corrected chi connectivity index (χ2v) is 6.09. The molecule has 1 aromatic carbocycles. The van der Waals surface area contributed by atoms with E-state index in [0.717, 1.165) is 5.56 Å². The molecule has 146 valence electrons. The van der Waals surface area contributed by atoms with Crippen molar-refractivity contribution in [2.75, 3.05) is 25.7 Å². The first kappa shape index (κ1) is 20.4. The van der Waals surface area contributed by atoms with Crippen LogP contribution in [0.2, 0.25) is 0 Å². The molecule has 0 fully saturated rings. The summed E-state index contributed by atoms with van der Waals surface area (Å²) in [6.07, 6.45) is 1.26. The Kier molecular flexibility index (Phi) is 6.91. The van der Waals surface area contributed by atoms with Gasteiger partial charge in [-0.25, -0.2) is 4.79 Å². The van der Waals surface area contributed by atoms with Crippen LogP contribution < -0.4 is 17.0 Å². The van der Waals surface area contributed by atoms with Gasteiger partial charge in [-0.15, -0.1) is 0 Å². The van der Waals surface area contributed by atoms with Crippen molar-refractivity contribution in [2.24, 2.45) is 0 Å². The summed E-state index contributed by atoms with van der Waals surface area (Å²) in [6.45, 7) is 0. The molecule has 0 aliphatic rings. The summed E-state index contributed by atoms with van der Waals surface area (Å²) in [4.78, 5) is 29.6. The van der Waals surface area contributed by atoms with E-state index in [9.17, 15) is 9.59 Å². The van der Waals surface area contributed by atoms with Gasteiger partial charge < -0.3 is 26.0 Å². The first-order valence-corrected chi connectivity index (χ1v) is 8.40. The molecule has 2 rings (SSSR count). The van der Waals surface area contributed by atoms with Crippen LogP contribution in [0.25, 0.3) is 0 Å². The van der Waals surface area contributed by atoms with Crippen molar-refractivity contribution in [1.82, 2.24) is 9.97 Å². The van der Waals surface area contributed by atoms with E-state index in [0.29, 0.717) is 19.3 Å². The monoisotopic (exact) mass is 376 g/mol. The van der Waals surface area contributed by atoms with Crippen LogP contribution in [0.5, 0.6) is 0 Å². The number of nitrogen functional groups attached to an aromatic ring is 2. The molecule has 9 heteroatoms. The van der Waals surface area contributed by atoms with Crippen LogP contribution in [0.15, 0.2) is 29.1 Å². The number of hydrogen-bond acceptors (Lipinski definition) is 7. The van der Waals surface area contributed by atoms with Crippen LogP contribution in [0.1, 0.15) is 40.2 Å². The zero-order valence-electron chi connectivity index (χ0n) is 15.3. The Balaban J connectivity index is 2.16. The fourth-order valence-electron chi connectivity index (χ4n) is 3.06. The number of rotatable bonds is 9. The van der Waals surface area contributed by atoms with Crippen LogP contribution in [0.4, 0.5) is 11.8 Å². The van der Waals surface area contributed by atoms with Crippen LogP contribution in [0, 0.1) is 0 Å². The van der Waals surface area contributed by atoms with Gasteiger partial charge in [0.1, 0.15) is 5.82 Å². The van der Waals surface area contributed by atoms with Gasteiger partial charge in [-0.05, 0) is 37.0 Å². The molecule has 1 atom stereocenters. The molecular weight excluding hydrogens is 352 g/mol. The van der Waals surface area contributed by atoms with E-state index in [4.69, 9.17) is 26.0 Å². The minimum Gasteiger partial charge on any atom is -0.478 e. The van der Waals surface area contributed by atoms with Gasteiger partial charge >= 0.3 is 5.97 Å². The molecule has 27 heavy (non-hydrogen) atoms. The molecule has 2 aromatic rings. The molecule has 0 bridgehead atoms. The maximum atomic E-state index is 12.4. The highest BCUT2D eigenvalue weighted by molar-refractivity contribution is 5.87. The number of carbonyl (C=O) groups is 1. The Bertz CT molecular complexity index is 831. The largest absolute Gasteiger partial charge is 0.478 e. The lowest BCUT2D eigenvalue weighted by molar-refractivity contribution is -0.119. The smallest absolute Gasteiger partial charge is 0.335 e. The summed E-state index contributed by atoms with van der Waals surface area (Å²) in [5.74, 6) is -1.40. The fraction of sp³-hybridized carbons (Fsp3) is 0.389. The molecule has 0 saturated carbocycles. The topological polar surface area (TPSA) is 154 Å². The third-order valence-electron chi connectivity index (χ3n) is 4.35. The van der Waals surface area contributed by atoms with Crippen molar-refractivity contribution in [3.05, 3.63) is 51.3 Å². The molecule has 1 aromatic heterocycles. The number of benzene rings is 1. The zero-order chi connectivity index (χ0) is 20.0. The first-order valence-electron chi connectivity index (χ1n) is 8.40. The Morgan fingerprint density at radius 1 is 1.22 bits per heavy atom. The SMILES string of the molecule is COC(OC)C(CCCc1ccc(C(=O)O)cc1)c1c(N)nc(N)[nH]c1=O. The van der Waals surface area contributed by atoms with Gasteiger partial charge in [-0.2, -0.15) is 4.98 Å². The molecular formula is C18H24N4O5. The number of H-pyrrole nitrogens is 1. The second kappa shape index (κ2) is 9.15. The van der Waals surface area contributed by atoms with E-state index in [-0.39, 0.29) is 22.9 Å². The third kappa shape index (κ3) is 5.05. The van der Waals surface area contributed by atoms with Crippen molar-refractivity contribution in [3.63, 3.8) is 0 Å². The Labute approximate surface area is 156 Å². The quantitative estimate of drug-likeness (QED) is 0.478. The number of nitrogens with two attached hydrogens (primary N) is 2. The molecule has 0 saturated heterocycles. The van der Waals surface area contributed by atoms with Gasteiger partial charge in [0.05, 0.1) is 11.1 Å². The molecule has 0 spiro atoms. The number of hydrogen-bond donors (Lipinski definition) is 4. The standard InChI is InChI=1S/C18H24N4O5/c1-26-17(27-2)12(13-14(19)21-18(20)22-15(13)23)5-3-4-10-6-8-11(9-7-10)16(24)25/h6-9,12,17H,3-5H2,1-2H3,(H,24,25)(H5,19,20,21,22,23). The Hall–Kier alpha value is -2.91. The number of aryl methyl sites for hydroxylation is 1. The number of anilines is 2. The second-order valence-electron chi connectivity index (χ2n) is 6.09. The summed E-state index contributed by atoms with van der Waals surface area (Å²) < 4.78 is 10.7. The summed E-state index contributed by atoms with van der Waals surface area (Å²) in [7, 11) is 2.97. The van der Waals surface area contributed by atoms with E-state index in [1.807, 2.05) is 0 Å². The molecule has 0 aliphatic carbocycles. The highest BCUT2D eigenvalue weighted by Gasteiger charge is 2.28. The predicted octanol–water partition coefficient (Wildman–Crippen LogP) is 1.36. The van der Waals surface area contributed by atoms with Crippen LogP contribution in [-0.4, -0.2) is 41.6 Å². The Morgan fingerprint density at radius 3 is 2.37 bits per heavy atom. The third-order valence-corrected chi connectivity index (χ3v) is 4.35. The summed E-state index contributed by atoms with van der Waals surface area (Å²) in [6, 6.07) is 6.67. The van der Waals surface area contributed by atoms with Crippen LogP contribution in [0.3, 0.4) is 0 Å².